The number of carbonyl (C=O) groups is 1. The summed E-state index contributed by atoms with van der Waals surface area (Å²) in [7, 11) is -3.77. The zero-order chi connectivity index (χ0) is 19.6. The summed E-state index contributed by atoms with van der Waals surface area (Å²) in [5.74, 6) is -2.60. The molecule has 0 radical (unpaired) electrons. The molecule has 0 amide bonds. The molecule has 3 rings (SSSR count). The summed E-state index contributed by atoms with van der Waals surface area (Å²) in [6.07, 6.45) is 0.119. The molecule has 2 aromatic rings. The molecule has 1 aromatic heterocycles. The van der Waals surface area contributed by atoms with Gasteiger partial charge < -0.3 is 14.9 Å². The summed E-state index contributed by atoms with van der Waals surface area (Å²) in [4.78, 5) is 11.6. The summed E-state index contributed by atoms with van der Waals surface area (Å²) in [5.41, 5.74) is 0. The van der Waals surface area contributed by atoms with Crippen molar-refractivity contribution in [2.45, 2.75) is 23.0 Å². The van der Waals surface area contributed by atoms with Crippen LogP contribution in [0.2, 0.25) is 5.02 Å². The number of aliphatic carboxylic acids is 1. The fourth-order valence-corrected chi connectivity index (χ4v) is 5.64. The first-order chi connectivity index (χ1) is 12.8. The van der Waals surface area contributed by atoms with Crippen molar-refractivity contribution in [1.29, 1.82) is 0 Å². The van der Waals surface area contributed by atoms with Gasteiger partial charge in [-0.2, -0.15) is 0 Å². The third kappa shape index (κ3) is 4.14. The van der Waals surface area contributed by atoms with E-state index in [9.17, 15) is 18.3 Å². The van der Waals surface area contributed by atoms with E-state index in [0.717, 1.165) is 0 Å². The molecule has 1 aromatic carbocycles. The molecule has 1 aliphatic rings. The van der Waals surface area contributed by atoms with Crippen LogP contribution >= 0.6 is 11.6 Å². The highest BCUT2D eigenvalue weighted by Crippen LogP contribution is 2.40. The lowest BCUT2D eigenvalue weighted by Crippen LogP contribution is -2.23. The number of rotatable bonds is 6. The number of aromatic nitrogens is 2. The molecule has 3 unspecified atom stereocenters. The number of halogens is 1. The first-order valence-corrected chi connectivity index (χ1v) is 10.1. The van der Waals surface area contributed by atoms with Crippen LogP contribution in [0, 0.1) is 11.8 Å². The number of ether oxygens (including phenoxy) is 1. The molecule has 1 heterocycles. The fraction of sp³-hybridized carbons (Fsp3) is 0.353. The Hall–Kier alpha value is -2.39. The summed E-state index contributed by atoms with van der Waals surface area (Å²) in [6.45, 7) is -0.0229. The Morgan fingerprint density at radius 1 is 1.19 bits per heavy atom. The quantitative estimate of drug-likeness (QED) is 0.738. The van der Waals surface area contributed by atoms with E-state index in [0.29, 0.717) is 0 Å². The van der Waals surface area contributed by atoms with Crippen LogP contribution in [0.4, 0.5) is 0 Å². The second-order valence-corrected chi connectivity index (χ2v) is 8.92. The number of carboxylic acid groups (broad SMARTS) is 1. The molecular weight excluding hydrogens is 396 g/mol. The molecule has 1 aliphatic carbocycles. The van der Waals surface area contributed by atoms with Gasteiger partial charge in [-0.15, -0.1) is 10.2 Å². The van der Waals surface area contributed by atoms with Crippen LogP contribution in [0.25, 0.3) is 0 Å². The summed E-state index contributed by atoms with van der Waals surface area (Å²) < 4.78 is 31.3. The Kier molecular flexibility index (Phi) is 5.52. The number of hydrogen-bond donors (Lipinski definition) is 2. The van der Waals surface area contributed by atoms with Gasteiger partial charge in [-0.1, -0.05) is 23.7 Å². The van der Waals surface area contributed by atoms with Gasteiger partial charge in [0.05, 0.1) is 27.7 Å². The first-order valence-electron chi connectivity index (χ1n) is 8.15. The van der Waals surface area contributed by atoms with Crippen molar-refractivity contribution in [2.24, 2.45) is 11.8 Å². The van der Waals surface area contributed by atoms with Crippen molar-refractivity contribution in [2.75, 3.05) is 6.61 Å². The molecule has 8 nitrogen and oxygen atoms in total. The van der Waals surface area contributed by atoms with E-state index in [2.05, 4.69) is 10.2 Å². The number of benzene rings is 1. The van der Waals surface area contributed by atoms with E-state index in [1.165, 1.54) is 24.3 Å². The van der Waals surface area contributed by atoms with E-state index in [1.807, 2.05) is 0 Å². The van der Waals surface area contributed by atoms with Crippen molar-refractivity contribution in [1.82, 2.24) is 10.2 Å². The van der Waals surface area contributed by atoms with Crippen LogP contribution in [0.3, 0.4) is 0 Å². The Morgan fingerprint density at radius 2 is 1.93 bits per heavy atom. The number of carboxylic acids is 1. The minimum atomic E-state index is -3.77. The minimum Gasteiger partial charge on any atom is -0.492 e. The Bertz CT molecular complexity index is 935. The zero-order valence-corrected chi connectivity index (χ0v) is 15.6. The maximum atomic E-state index is 12.9. The lowest BCUT2D eigenvalue weighted by Gasteiger charge is -2.15. The van der Waals surface area contributed by atoms with Crippen LogP contribution in [-0.4, -0.2) is 46.7 Å². The Labute approximate surface area is 160 Å². The molecule has 0 saturated heterocycles. The summed E-state index contributed by atoms with van der Waals surface area (Å²) >= 11 is 6.02. The van der Waals surface area contributed by atoms with Crippen molar-refractivity contribution in [3.05, 3.63) is 41.4 Å². The number of aromatic hydroxyl groups is 1. The van der Waals surface area contributed by atoms with E-state index < -0.39 is 32.9 Å². The highest BCUT2D eigenvalue weighted by molar-refractivity contribution is 7.92. The number of hydrogen-bond acceptors (Lipinski definition) is 7. The third-order valence-corrected chi connectivity index (χ3v) is 7.30. The van der Waals surface area contributed by atoms with Crippen LogP contribution in [0.5, 0.6) is 11.8 Å². The number of sulfone groups is 1. The average molecular weight is 413 g/mol. The standard InChI is InChI=1S/C17H17ClN2O6S/c18-13-3-1-2-4-14(13)27(24,25)11-7-10(12(8-11)17(22)23)9-26-16-6-5-15(21)19-20-16/h1-6,10-12H,7-9H2,(H,19,21)(H,22,23). The smallest absolute Gasteiger partial charge is 0.306 e. The monoisotopic (exact) mass is 412 g/mol. The van der Waals surface area contributed by atoms with Crippen LogP contribution in [-0.2, 0) is 14.6 Å². The summed E-state index contributed by atoms with van der Waals surface area (Å²) in [6, 6.07) is 8.80. The molecule has 10 heteroatoms. The largest absolute Gasteiger partial charge is 0.492 e. The fourth-order valence-electron chi connectivity index (χ4n) is 3.25. The highest BCUT2D eigenvalue weighted by atomic mass is 35.5. The van der Waals surface area contributed by atoms with Gasteiger partial charge in [0.2, 0.25) is 11.8 Å². The Balaban J connectivity index is 1.77. The summed E-state index contributed by atoms with van der Waals surface area (Å²) in [5, 5.41) is 24.9. The molecule has 3 atom stereocenters. The van der Waals surface area contributed by atoms with Crippen molar-refractivity contribution >= 4 is 27.4 Å². The Morgan fingerprint density at radius 3 is 2.56 bits per heavy atom. The van der Waals surface area contributed by atoms with Gasteiger partial charge >= 0.3 is 5.97 Å². The molecule has 0 spiro atoms. The van der Waals surface area contributed by atoms with Crippen molar-refractivity contribution in [3.8, 4) is 11.8 Å². The molecule has 144 valence electrons. The SMILES string of the molecule is O=C(O)C1CC(S(=O)(=O)c2ccccc2Cl)CC1COc1ccc(O)nn1. The molecule has 1 saturated carbocycles. The van der Waals surface area contributed by atoms with E-state index >= 15 is 0 Å². The molecule has 0 aliphatic heterocycles. The van der Waals surface area contributed by atoms with Crippen LogP contribution in [0.1, 0.15) is 12.8 Å². The number of nitrogens with zero attached hydrogens (tertiary/aromatic N) is 2. The minimum absolute atomic E-state index is 0.00627. The molecular formula is C17H17ClN2O6S. The van der Waals surface area contributed by atoms with Gasteiger partial charge in [0, 0.05) is 18.1 Å². The van der Waals surface area contributed by atoms with Crippen LogP contribution in [0.15, 0.2) is 41.3 Å². The van der Waals surface area contributed by atoms with Crippen molar-refractivity contribution in [3.63, 3.8) is 0 Å². The molecule has 2 N–H and O–H groups in total. The topological polar surface area (TPSA) is 127 Å². The third-order valence-electron chi connectivity index (χ3n) is 4.62. The maximum absolute atomic E-state index is 12.9. The van der Waals surface area contributed by atoms with Crippen LogP contribution < -0.4 is 4.74 Å². The first kappa shape index (κ1) is 19.4. The molecule has 1 fully saturated rings. The van der Waals surface area contributed by atoms with Gasteiger partial charge in [-0.3, -0.25) is 4.79 Å². The average Bonchev–Trinajstić information content (AvgIpc) is 3.07. The van der Waals surface area contributed by atoms with Gasteiger partial charge in [-0.25, -0.2) is 8.42 Å². The predicted molar refractivity (Wildman–Crippen MR) is 95.5 cm³/mol. The zero-order valence-electron chi connectivity index (χ0n) is 14.0. The van der Waals surface area contributed by atoms with E-state index in [1.54, 1.807) is 12.1 Å². The van der Waals surface area contributed by atoms with Gasteiger partial charge in [-0.05, 0) is 25.0 Å². The van der Waals surface area contributed by atoms with Gasteiger partial charge in [0.1, 0.15) is 0 Å². The molecule has 0 bridgehead atoms. The van der Waals surface area contributed by atoms with Crippen molar-refractivity contribution < 1.29 is 28.2 Å². The lowest BCUT2D eigenvalue weighted by atomic mass is 9.97. The van der Waals surface area contributed by atoms with Gasteiger partial charge in [0.25, 0.3) is 0 Å². The maximum Gasteiger partial charge on any atom is 0.306 e. The lowest BCUT2D eigenvalue weighted by molar-refractivity contribution is -0.143. The predicted octanol–water partition coefficient (Wildman–Crippen LogP) is 2.17. The normalized spacial score (nSPS) is 22.5. The molecule has 27 heavy (non-hydrogen) atoms. The van der Waals surface area contributed by atoms with E-state index in [-0.39, 0.29) is 41.1 Å². The highest BCUT2D eigenvalue weighted by Gasteiger charge is 2.45. The second kappa shape index (κ2) is 7.69. The van der Waals surface area contributed by atoms with Gasteiger partial charge in [0.15, 0.2) is 9.84 Å². The van der Waals surface area contributed by atoms with E-state index in [4.69, 9.17) is 21.4 Å². The second-order valence-electron chi connectivity index (χ2n) is 6.31.